The Labute approximate surface area is 97.2 Å². The number of hydrogen-bond acceptors (Lipinski definition) is 0. The molecule has 0 aliphatic carbocycles. The van der Waals surface area contributed by atoms with Crippen LogP contribution < -0.4 is 0 Å². The first-order chi connectivity index (χ1) is 0. The molecule has 0 heterocycles. The van der Waals surface area contributed by atoms with Crippen LogP contribution in [0, 0.1) is 0 Å². The van der Waals surface area contributed by atoms with Gasteiger partial charge in [0.15, 0.2) is 0 Å². The van der Waals surface area contributed by atoms with Gasteiger partial charge in [-0.25, -0.2) is 0 Å². The van der Waals surface area contributed by atoms with Crippen molar-refractivity contribution in [3.8, 4) is 0 Å². The van der Waals surface area contributed by atoms with E-state index in [1.54, 1.807) is 0 Å². The van der Waals surface area contributed by atoms with E-state index in [0.29, 0.717) is 0 Å². The van der Waals surface area contributed by atoms with Crippen LogP contribution in [0.2, 0.25) is 0 Å². The Morgan fingerprint density at radius 2 is 0.600 bits per heavy atom. The normalized spacial score (nSPS) is 0. The predicted octanol–water partition coefficient (Wildman–Crippen LogP) is -0.193. The maximum absolute atomic E-state index is 0. The van der Waals surface area contributed by atoms with Gasteiger partial charge in [0.05, 0.1) is 0 Å². The van der Waals surface area contributed by atoms with Gasteiger partial charge in [0, 0.05) is 16.8 Å². The van der Waals surface area contributed by atoms with Gasteiger partial charge in [-0.3, -0.25) is 14.1 Å². The molecule has 0 nitrogen and oxygen atoms in total. The van der Waals surface area contributed by atoms with E-state index in [-0.39, 0.29) is 99.8 Å². The van der Waals surface area contributed by atoms with Crippen molar-refractivity contribution in [2.24, 2.45) is 0 Å². The van der Waals surface area contributed by atoms with Crippen LogP contribution in [0.15, 0.2) is 0 Å². The standard InChI is InChI=1S/Co.Cs.3FH.H/h;;3*1H;. The molecule has 0 atom stereocenters. The van der Waals surface area contributed by atoms with Gasteiger partial charge >= 0.3 is 68.9 Å². The molecule has 0 aromatic carbocycles. The zero-order valence-electron chi connectivity index (χ0n) is 1.56. The molecule has 0 saturated heterocycles. The minimum absolute atomic E-state index is 0. The molecule has 0 spiro atoms. The topological polar surface area (TPSA) is 0 Å². The summed E-state index contributed by atoms with van der Waals surface area (Å²) in [7, 11) is 0. The SMILES string of the molecule is F.F.F.[Co].[CsH]. The van der Waals surface area contributed by atoms with E-state index in [4.69, 9.17) is 0 Å². The van der Waals surface area contributed by atoms with Crippen LogP contribution in [-0.2, 0) is 16.8 Å². The summed E-state index contributed by atoms with van der Waals surface area (Å²) in [6.45, 7) is 0. The Morgan fingerprint density at radius 1 is 0.600 bits per heavy atom. The van der Waals surface area contributed by atoms with Gasteiger partial charge in [-0.15, -0.1) is 0 Å². The Morgan fingerprint density at radius 3 is 0.600 bits per heavy atom. The van der Waals surface area contributed by atoms with Crippen molar-refractivity contribution >= 4 is 68.9 Å². The fourth-order valence-corrected chi connectivity index (χ4v) is 0. The molecule has 1 radical (unpaired) electrons. The molecule has 0 fully saturated rings. The summed E-state index contributed by atoms with van der Waals surface area (Å²) in [5, 5.41) is 0. The van der Waals surface area contributed by atoms with E-state index < -0.39 is 0 Å². The molecule has 0 saturated carbocycles. The molecule has 0 bridgehead atoms. The van der Waals surface area contributed by atoms with Crippen LogP contribution in [0.5, 0.6) is 0 Å². The van der Waals surface area contributed by atoms with E-state index in [2.05, 4.69) is 0 Å². The van der Waals surface area contributed by atoms with Gasteiger partial charge in [0.1, 0.15) is 0 Å². The number of hydrogen-bond donors (Lipinski definition) is 0. The summed E-state index contributed by atoms with van der Waals surface area (Å²) in [6, 6.07) is 0. The summed E-state index contributed by atoms with van der Waals surface area (Å²) in [4.78, 5) is 0. The fourth-order valence-electron chi connectivity index (χ4n) is 0. The van der Waals surface area contributed by atoms with Gasteiger partial charge in [0.25, 0.3) is 0 Å². The van der Waals surface area contributed by atoms with Crippen LogP contribution in [0.1, 0.15) is 0 Å². The molecule has 0 aromatic rings. The van der Waals surface area contributed by atoms with E-state index in [1.807, 2.05) is 0 Å². The maximum atomic E-state index is 0. The van der Waals surface area contributed by atoms with Crippen LogP contribution in [0.3, 0.4) is 0 Å². The predicted molar refractivity (Wildman–Crippen MR) is 14.7 cm³/mol. The molecule has 0 amide bonds. The molecule has 5 heteroatoms. The summed E-state index contributed by atoms with van der Waals surface area (Å²) in [6.07, 6.45) is 0. The fraction of sp³-hybridized carbons (Fsp3) is 0. The van der Waals surface area contributed by atoms with E-state index in [0.717, 1.165) is 0 Å². The Balaban J connectivity index is 0. The summed E-state index contributed by atoms with van der Waals surface area (Å²) < 4.78 is 0. The van der Waals surface area contributed by atoms with Crippen molar-refractivity contribution in [3.05, 3.63) is 0 Å². The Kier molecular flexibility index (Phi) is 354. The summed E-state index contributed by atoms with van der Waals surface area (Å²) in [5.74, 6) is 0. The second-order valence-electron chi connectivity index (χ2n) is 0. The molecule has 0 aliphatic rings. The van der Waals surface area contributed by atoms with Crippen molar-refractivity contribution in [1.29, 1.82) is 0 Å². The van der Waals surface area contributed by atoms with Crippen LogP contribution in [-0.4, -0.2) is 68.9 Å². The third-order valence-corrected chi connectivity index (χ3v) is 0. The van der Waals surface area contributed by atoms with Crippen molar-refractivity contribution in [2.45, 2.75) is 0 Å². The quantitative estimate of drug-likeness (QED) is 0.561. The molecule has 0 unspecified atom stereocenters. The van der Waals surface area contributed by atoms with Crippen molar-refractivity contribution < 1.29 is 30.9 Å². The summed E-state index contributed by atoms with van der Waals surface area (Å²) >= 11 is 0. The summed E-state index contributed by atoms with van der Waals surface area (Å²) in [5.41, 5.74) is 0. The first-order valence-corrected chi connectivity index (χ1v) is 0. The van der Waals surface area contributed by atoms with Gasteiger partial charge in [-0.05, 0) is 0 Å². The van der Waals surface area contributed by atoms with Crippen LogP contribution in [0.4, 0.5) is 14.1 Å². The molecule has 35 valence electrons. The molecule has 0 N–H and O–H groups in total. The minimum atomic E-state index is 0. The molecular weight excluding hydrogens is 249 g/mol. The molecule has 0 aromatic heterocycles. The first kappa shape index (κ1) is 53.7. The van der Waals surface area contributed by atoms with Crippen molar-refractivity contribution in [1.82, 2.24) is 0 Å². The third-order valence-electron chi connectivity index (χ3n) is 0. The van der Waals surface area contributed by atoms with Crippen molar-refractivity contribution in [3.63, 3.8) is 0 Å². The van der Waals surface area contributed by atoms with Gasteiger partial charge in [-0.1, -0.05) is 0 Å². The zero-order valence-corrected chi connectivity index (χ0v) is 2.60. The Bertz CT molecular complexity index is 6.85. The second kappa shape index (κ2) is 32.9. The van der Waals surface area contributed by atoms with E-state index in [1.165, 1.54) is 0 Å². The average Bonchev–Trinajstić information content (AvgIpc) is 0. The zero-order chi connectivity index (χ0) is 0. The number of rotatable bonds is 0. The van der Waals surface area contributed by atoms with Gasteiger partial charge < -0.3 is 0 Å². The van der Waals surface area contributed by atoms with E-state index >= 15 is 0 Å². The van der Waals surface area contributed by atoms with Gasteiger partial charge in [-0.2, -0.15) is 0 Å². The first-order valence-electron chi connectivity index (χ1n) is 0. The monoisotopic (exact) mass is 253 g/mol. The second-order valence-corrected chi connectivity index (χ2v) is 0. The third kappa shape index (κ3) is 21.8. The molecule has 0 rings (SSSR count). The molecule has 0 aliphatic heterocycles. The average molecular weight is 253 g/mol. The Hall–Kier alpha value is 2.35. The van der Waals surface area contributed by atoms with Gasteiger partial charge in [0.2, 0.25) is 0 Å². The van der Waals surface area contributed by atoms with E-state index in [9.17, 15) is 0 Å². The molecule has 5 heavy (non-hydrogen) atoms. The molecular formula is H4CoCsF3. The van der Waals surface area contributed by atoms with Crippen molar-refractivity contribution in [2.75, 3.05) is 0 Å². The number of halogens is 3. The van der Waals surface area contributed by atoms with Crippen LogP contribution in [0.25, 0.3) is 0 Å². The van der Waals surface area contributed by atoms with Crippen LogP contribution >= 0.6 is 0 Å².